The number of carbonyl (C=O) groups is 1. The molecule has 1 atom stereocenters. The Morgan fingerprint density at radius 2 is 2.22 bits per heavy atom. The van der Waals surface area contributed by atoms with Crippen LogP contribution >= 0.6 is 0 Å². The highest BCUT2D eigenvalue weighted by Gasteiger charge is 2.33. The molecule has 0 aliphatic carbocycles. The maximum atomic E-state index is 11.4. The molecular formula is C17H22N4O2. The number of rotatable bonds is 5. The van der Waals surface area contributed by atoms with Crippen molar-refractivity contribution in [2.24, 2.45) is 5.92 Å². The molecule has 3 N–H and O–H groups in total. The van der Waals surface area contributed by atoms with Crippen molar-refractivity contribution in [3.05, 3.63) is 29.5 Å². The molecule has 6 heteroatoms. The second-order valence-corrected chi connectivity index (χ2v) is 6.66. The van der Waals surface area contributed by atoms with Crippen LogP contribution in [0.3, 0.4) is 0 Å². The van der Waals surface area contributed by atoms with Gasteiger partial charge in [0.2, 0.25) is 0 Å². The lowest BCUT2D eigenvalue weighted by molar-refractivity contribution is 0.0699. The number of piperidine rings is 3. The van der Waals surface area contributed by atoms with Gasteiger partial charge in [-0.3, -0.25) is 5.10 Å². The first-order chi connectivity index (χ1) is 11.2. The van der Waals surface area contributed by atoms with Crippen molar-refractivity contribution >= 4 is 16.9 Å². The first kappa shape index (κ1) is 14.7. The van der Waals surface area contributed by atoms with Crippen LogP contribution in [-0.2, 0) is 6.42 Å². The van der Waals surface area contributed by atoms with Crippen molar-refractivity contribution in [1.29, 1.82) is 0 Å². The van der Waals surface area contributed by atoms with Gasteiger partial charge in [-0.15, -0.1) is 0 Å². The Kier molecular flexibility index (Phi) is 3.79. The molecule has 0 amide bonds. The number of H-pyrrole nitrogens is 1. The molecule has 0 radical (unpaired) electrons. The Morgan fingerprint density at radius 3 is 2.91 bits per heavy atom. The number of carboxylic acid groups (broad SMARTS) is 1. The van der Waals surface area contributed by atoms with E-state index in [1.54, 1.807) is 12.1 Å². The topological polar surface area (TPSA) is 81.2 Å². The van der Waals surface area contributed by atoms with E-state index in [0.29, 0.717) is 11.6 Å². The second kappa shape index (κ2) is 5.94. The third-order valence-corrected chi connectivity index (χ3v) is 5.32. The Labute approximate surface area is 134 Å². The van der Waals surface area contributed by atoms with Crippen LogP contribution < -0.4 is 5.32 Å². The number of aromatic amines is 1. The molecular weight excluding hydrogens is 292 g/mol. The van der Waals surface area contributed by atoms with Gasteiger partial charge in [0, 0.05) is 36.6 Å². The van der Waals surface area contributed by atoms with Crippen molar-refractivity contribution in [2.45, 2.75) is 25.3 Å². The van der Waals surface area contributed by atoms with Crippen molar-refractivity contribution < 1.29 is 9.90 Å². The predicted octanol–water partition coefficient (Wildman–Crippen LogP) is 1.49. The zero-order valence-electron chi connectivity index (χ0n) is 13.1. The van der Waals surface area contributed by atoms with Gasteiger partial charge in [-0.25, -0.2) is 4.79 Å². The molecule has 2 bridgehead atoms. The molecule has 3 saturated heterocycles. The van der Waals surface area contributed by atoms with E-state index in [4.69, 9.17) is 0 Å². The first-order valence-electron chi connectivity index (χ1n) is 8.37. The van der Waals surface area contributed by atoms with Crippen LogP contribution in [0.5, 0.6) is 0 Å². The predicted molar refractivity (Wildman–Crippen MR) is 87.7 cm³/mol. The molecule has 1 aromatic heterocycles. The summed E-state index contributed by atoms with van der Waals surface area (Å²) in [6.45, 7) is 4.49. The summed E-state index contributed by atoms with van der Waals surface area (Å²) in [7, 11) is 0. The van der Waals surface area contributed by atoms with Crippen LogP contribution in [0.25, 0.3) is 10.9 Å². The van der Waals surface area contributed by atoms with Gasteiger partial charge in [-0.05, 0) is 44.0 Å². The molecule has 122 valence electrons. The van der Waals surface area contributed by atoms with E-state index in [1.807, 2.05) is 6.07 Å². The van der Waals surface area contributed by atoms with Crippen LogP contribution in [0.4, 0.5) is 0 Å². The third kappa shape index (κ3) is 2.72. The van der Waals surface area contributed by atoms with Crippen molar-refractivity contribution in [3.8, 4) is 0 Å². The number of carboxylic acids is 1. The maximum absolute atomic E-state index is 11.4. The zero-order chi connectivity index (χ0) is 15.8. The van der Waals surface area contributed by atoms with Crippen LogP contribution in [0.2, 0.25) is 0 Å². The van der Waals surface area contributed by atoms with E-state index >= 15 is 0 Å². The number of nitrogens with one attached hydrogen (secondary N) is 2. The smallest absolute Gasteiger partial charge is 0.336 e. The van der Waals surface area contributed by atoms with Gasteiger partial charge >= 0.3 is 5.97 Å². The average molecular weight is 314 g/mol. The summed E-state index contributed by atoms with van der Waals surface area (Å²) in [4.78, 5) is 13.9. The molecule has 3 fully saturated rings. The molecule has 23 heavy (non-hydrogen) atoms. The SMILES string of the molecule is O=C(O)c1cccc2n[nH]c(CCN[C@@H]3CN4CCC3CC4)c12. The lowest BCUT2D eigenvalue weighted by Crippen LogP contribution is -2.56. The third-order valence-electron chi connectivity index (χ3n) is 5.32. The quantitative estimate of drug-likeness (QED) is 0.779. The van der Waals surface area contributed by atoms with Crippen molar-refractivity contribution in [3.63, 3.8) is 0 Å². The molecule has 1 aromatic carbocycles. The molecule has 2 aromatic rings. The van der Waals surface area contributed by atoms with Gasteiger partial charge in [0.1, 0.15) is 0 Å². The number of aromatic carboxylic acids is 1. The van der Waals surface area contributed by atoms with Crippen LogP contribution in [0, 0.1) is 5.92 Å². The average Bonchev–Trinajstić information content (AvgIpc) is 2.99. The highest BCUT2D eigenvalue weighted by atomic mass is 16.4. The molecule has 0 spiro atoms. The Balaban J connectivity index is 1.45. The van der Waals surface area contributed by atoms with Gasteiger partial charge in [-0.1, -0.05) is 6.07 Å². The fourth-order valence-corrected chi connectivity index (χ4v) is 4.07. The number of nitrogens with zero attached hydrogens (tertiary/aromatic N) is 2. The standard InChI is InChI=1S/C17H22N4O2/c22-17(23)12-2-1-3-13-16(12)14(20-19-13)4-7-18-15-10-21-8-5-11(15)6-9-21/h1-3,11,15,18H,4-10H2,(H,19,20)(H,22,23)/t15-/m1/s1. The van der Waals surface area contributed by atoms with E-state index in [1.165, 1.54) is 25.9 Å². The van der Waals surface area contributed by atoms with E-state index < -0.39 is 5.97 Å². The lowest BCUT2D eigenvalue weighted by Gasteiger charge is -2.45. The normalized spacial score (nSPS) is 26.7. The summed E-state index contributed by atoms with van der Waals surface area (Å²) in [5.74, 6) is -0.100. The summed E-state index contributed by atoms with van der Waals surface area (Å²) in [6, 6.07) is 5.81. The van der Waals surface area contributed by atoms with Crippen molar-refractivity contribution in [2.75, 3.05) is 26.2 Å². The Hall–Kier alpha value is -1.92. The number of aromatic nitrogens is 2. The fraction of sp³-hybridized carbons (Fsp3) is 0.529. The molecule has 3 aliphatic rings. The van der Waals surface area contributed by atoms with Gasteiger partial charge < -0.3 is 15.3 Å². The largest absolute Gasteiger partial charge is 0.478 e. The Bertz CT molecular complexity index is 718. The summed E-state index contributed by atoms with van der Waals surface area (Å²) in [5.41, 5.74) is 1.96. The Morgan fingerprint density at radius 1 is 1.39 bits per heavy atom. The zero-order valence-corrected chi connectivity index (χ0v) is 13.1. The molecule has 6 nitrogen and oxygen atoms in total. The number of hydrogen-bond donors (Lipinski definition) is 3. The van der Waals surface area contributed by atoms with E-state index in [9.17, 15) is 9.90 Å². The summed E-state index contributed by atoms with van der Waals surface area (Å²) in [6.07, 6.45) is 3.37. The number of hydrogen-bond acceptors (Lipinski definition) is 4. The van der Waals surface area contributed by atoms with Gasteiger partial charge in [0.25, 0.3) is 0 Å². The molecule has 5 rings (SSSR count). The molecule has 0 unspecified atom stereocenters. The summed E-state index contributed by atoms with van der Waals surface area (Å²) in [5, 5.41) is 21.0. The van der Waals surface area contributed by atoms with Gasteiger partial charge in [-0.2, -0.15) is 5.10 Å². The maximum Gasteiger partial charge on any atom is 0.336 e. The lowest BCUT2D eigenvalue weighted by atomic mass is 9.84. The first-order valence-corrected chi connectivity index (χ1v) is 8.37. The van der Waals surface area contributed by atoms with E-state index in [2.05, 4.69) is 20.4 Å². The van der Waals surface area contributed by atoms with E-state index in [0.717, 1.165) is 42.0 Å². The minimum atomic E-state index is -0.899. The van der Waals surface area contributed by atoms with E-state index in [-0.39, 0.29) is 0 Å². The second-order valence-electron chi connectivity index (χ2n) is 6.66. The molecule has 4 heterocycles. The highest BCUT2D eigenvalue weighted by molar-refractivity contribution is 6.03. The van der Waals surface area contributed by atoms with Crippen LogP contribution in [0.1, 0.15) is 28.9 Å². The summed E-state index contributed by atoms with van der Waals surface area (Å²) < 4.78 is 0. The van der Waals surface area contributed by atoms with Gasteiger partial charge in [0.15, 0.2) is 0 Å². The number of fused-ring (bicyclic) bond motifs is 4. The van der Waals surface area contributed by atoms with Gasteiger partial charge in [0.05, 0.1) is 11.1 Å². The minimum Gasteiger partial charge on any atom is -0.478 e. The summed E-state index contributed by atoms with van der Waals surface area (Å²) >= 11 is 0. The highest BCUT2D eigenvalue weighted by Crippen LogP contribution is 2.27. The van der Waals surface area contributed by atoms with Crippen LogP contribution in [-0.4, -0.2) is 58.4 Å². The molecule has 3 aliphatic heterocycles. The van der Waals surface area contributed by atoms with Crippen molar-refractivity contribution in [1.82, 2.24) is 20.4 Å². The fourth-order valence-electron chi connectivity index (χ4n) is 4.07. The molecule has 0 saturated carbocycles. The van der Waals surface area contributed by atoms with Crippen LogP contribution in [0.15, 0.2) is 18.2 Å². The minimum absolute atomic E-state index is 0.328. The number of benzene rings is 1. The monoisotopic (exact) mass is 314 g/mol.